The fourth-order valence-corrected chi connectivity index (χ4v) is 8.13. The van der Waals surface area contributed by atoms with Crippen molar-refractivity contribution in [2.24, 2.45) is 0 Å². The van der Waals surface area contributed by atoms with Gasteiger partial charge in [0.05, 0.1) is 29.2 Å². The lowest BCUT2D eigenvalue weighted by Gasteiger charge is -2.10. The summed E-state index contributed by atoms with van der Waals surface area (Å²) in [6.45, 7) is 9.39. The Labute approximate surface area is 344 Å². The van der Waals surface area contributed by atoms with Gasteiger partial charge in [-0.3, -0.25) is 0 Å². The van der Waals surface area contributed by atoms with Crippen LogP contribution in [-0.2, 0) is 53.0 Å². The molecule has 12 nitrogen and oxygen atoms in total. The Morgan fingerprint density at radius 2 is 1.00 bits per heavy atom. The standard InChI is InChI=1S/C34H52N6.C10H8O6S2/c1-3-5-7-9-11-13-16-36-19-21-39(30-36)27-33-23-32(26-38-18-15-35-29-38)24-34(25-33)28-40-22-20-37(31-40)17-14-12-10-8-6-4-2;11-17(12,13)9-3-1-7-5-10(18(14,15)16)4-2-8(7)6-9/h15,18-25,29-31H,3-14,16-17,26-28H2,1-2H3;1-6H,(H,11,12,13)(H,14,15,16)/q+2;/p-2. The largest absolute Gasteiger partial charge is 0.744 e. The van der Waals surface area contributed by atoms with E-state index in [0.717, 1.165) is 57.0 Å². The van der Waals surface area contributed by atoms with E-state index >= 15 is 0 Å². The van der Waals surface area contributed by atoms with E-state index in [1.54, 1.807) is 0 Å². The molecule has 0 unspecified atom stereocenters. The number of rotatable bonds is 22. The number of hydrogen-bond acceptors (Lipinski definition) is 7. The van der Waals surface area contributed by atoms with Crippen molar-refractivity contribution in [2.45, 2.75) is 133 Å². The maximum atomic E-state index is 10.8. The molecule has 0 aliphatic rings. The number of benzene rings is 3. The fourth-order valence-electron chi connectivity index (χ4n) is 7.12. The maximum Gasteiger partial charge on any atom is 0.244 e. The molecular formula is C44H58N6O6S2. The molecule has 0 bridgehead atoms. The quantitative estimate of drug-likeness (QED) is 0.0389. The van der Waals surface area contributed by atoms with E-state index < -0.39 is 30.0 Å². The molecular weight excluding hydrogens is 773 g/mol. The summed E-state index contributed by atoms with van der Waals surface area (Å²) in [5.74, 6) is 0. The molecule has 3 heterocycles. The van der Waals surface area contributed by atoms with Gasteiger partial charge in [-0.25, -0.2) is 40.1 Å². The molecule has 3 aromatic carbocycles. The summed E-state index contributed by atoms with van der Waals surface area (Å²) in [6.07, 6.45) is 35.3. The lowest BCUT2D eigenvalue weighted by molar-refractivity contribution is -0.688. The van der Waals surface area contributed by atoms with Gasteiger partial charge in [-0.1, -0.05) is 89.5 Å². The number of hydrogen-bond donors (Lipinski definition) is 0. The minimum atomic E-state index is -4.56. The molecule has 3 aromatic heterocycles. The topological polar surface area (TPSA) is 150 Å². The van der Waals surface area contributed by atoms with Crippen molar-refractivity contribution in [1.29, 1.82) is 0 Å². The number of nitrogens with zero attached hydrogens (tertiary/aromatic N) is 6. The van der Waals surface area contributed by atoms with Crippen LogP contribution in [0.4, 0.5) is 0 Å². The number of unbranched alkanes of at least 4 members (excludes halogenated alkanes) is 10. The zero-order chi connectivity index (χ0) is 41.4. The van der Waals surface area contributed by atoms with Crippen LogP contribution in [0.25, 0.3) is 10.8 Å². The molecule has 6 rings (SSSR count). The minimum absolute atomic E-state index is 0.360. The summed E-state index contributed by atoms with van der Waals surface area (Å²) in [5.41, 5.74) is 4.02. The van der Waals surface area contributed by atoms with Crippen LogP contribution in [0.3, 0.4) is 0 Å². The van der Waals surface area contributed by atoms with E-state index in [9.17, 15) is 25.9 Å². The predicted molar refractivity (Wildman–Crippen MR) is 222 cm³/mol. The van der Waals surface area contributed by atoms with E-state index in [2.05, 4.69) is 97.3 Å². The molecule has 0 fully saturated rings. The van der Waals surface area contributed by atoms with Crippen LogP contribution in [-0.4, -0.2) is 44.6 Å². The van der Waals surface area contributed by atoms with Crippen molar-refractivity contribution in [3.8, 4) is 0 Å². The van der Waals surface area contributed by atoms with Crippen LogP contribution in [0, 0.1) is 0 Å². The summed E-state index contributed by atoms with van der Waals surface area (Å²) in [7, 11) is -9.13. The first-order valence-electron chi connectivity index (χ1n) is 20.5. The third kappa shape index (κ3) is 14.6. The number of aryl methyl sites for hydroxylation is 2. The Kier molecular flexibility index (Phi) is 16.8. The van der Waals surface area contributed by atoms with Gasteiger partial charge in [-0.15, -0.1) is 0 Å². The molecule has 0 amide bonds. The first kappa shape index (κ1) is 44.5. The maximum absolute atomic E-state index is 10.8. The van der Waals surface area contributed by atoms with Gasteiger partial charge >= 0.3 is 0 Å². The summed E-state index contributed by atoms with van der Waals surface area (Å²) >= 11 is 0. The second-order valence-corrected chi connectivity index (χ2v) is 17.9. The minimum Gasteiger partial charge on any atom is -0.744 e. The van der Waals surface area contributed by atoms with Crippen molar-refractivity contribution >= 4 is 31.0 Å². The Morgan fingerprint density at radius 1 is 0.552 bits per heavy atom. The van der Waals surface area contributed by atoms with Gasteiger partial charge in [0.2, 0.25) is 12.7 Å². The van der Waals surface area contributed by atoms with Crippen molar-refractivity contribution < 1.29 is 35.1 Å². The molecule has 0 radical (unpaired) electrons. The van der Waals surface area contributed by atoms with Gasteiger partial charge in [-0.2, -0.15) is 0 Å². The Balaban J connectivity index is 0.000000296. The molecule has 0 saturated carbocycles. The third-order valence-electron chi connectivity index (χ3n) is 10.2. The highest BCUT2D eigenvalue weighted by atomic mass is 32.2. The Hall–Kier alpha value is -4.63. The average Bonchev–Trinajstić information content (AvgIpc) is 3.97. The number of imidazole rings is 3. The van der Waals surface area contributed by atoms with Crippen LogP contribution >= 0.6 is 0 Å². The molecule has 0 spiro atoms. The number of fused-ring (bicyclic) bond motifs is 1. The SMILES string of the molecule is CCCCCCCCn1cc[n+](Cc2cc(Cn3ccnc3)cc(C[n+]3ccn(CCCCCCCC)c3)c2)c1.O=S(=O)([O-])c1ccc2cc(S(=O)(=O)[O-])ccc2c1. The summed E-state index contributed by atoms with van der Waals surface area (Å²) in [4.78, 5) is 3.42. The molecule has 0 saturated heterocycles. The molecule has 14 heteroatoms. The monoisotopic (exact) mass is 830 g/mol. The smallest absolute Gasteiger partial charge is 0.244 e. The average molecular weight is 831 g/mol. The van der Waals surface area contributed by atoms with Gasteiger partial charge in [0, 0.05) is 18.9 Å². The zero-order valence-corrected chi connectivity index (χ0v) is 35.5. The lowest BCUT2D eigenvalue weighted by atomic mass is 10.0. The summed E-state index contributed by atoms with van der Waals surface area (Å²) < 4.78 is 76.3. The molecule has 0 aliphatic carbocycles. The van der Waals surface area contributed by atoms with Crippen LogP contribution in [0.5, 0.6) is 0 Å². The second kappa shape index (κ2) is 21.9. The van der Waals surface area contributed by atoms with Crippen molar-refractivity contribution in [3.63, 3.8) is 0 Å². The molecule has 6 aromatic rings. The third-order valence-corrected chi connectivity index (χ3v) is 11.8. The first-order chi connectivity index (χ1) is 27.9. The molecule has 0 atom stereocenters. The normalized spacial score (nSPS) is 11.9. The van der Waals surface area contributed by atoms with Gasteiger partial charge in [0.15, 0.2) is 0 Å². The predicted octanol–water partition coefficient (Wildman–Crippen LogP) is 7.58. The molecule has 0 N–H and O–H groups in total. The molecule has 0 aliphatic heterocycles. The zero-order valence-electron chi connectivity index (χ0n) is 33.9. The fraction of sp³-hybridized carbons (Fsp3) is 0.432. The Morgan fingerprint density at radius 3 is 1.43 bits per heavy atom. The van der Waals surface area contributed by atoms with Crippen LogP contribution in [0.2, 0.25) is 0 Å². The van der Waals surface area contributed by atoms with Crippen LogP contribution in [0.15, 0.2) is 121 Å². The first-order valence-corrected chi connectivity index (χ1v) is 23.3. The molecule has 58 heavy (non-hydrogen) atoms. The van der Waals surface area contributed by atoms with Gasteiger partial charge in [-0.05, 0) is 83.5 Å². The summed E-state index contributed by atoms with van der Waals surface area (Å²) in [6, 6.07) is 14.0. The van der Waals surface area contributed by atoms with Gasteiger partial charge < -0.3 is 13.7 Å². The van der Waals surface area contributed by atoms with Gasteiger partial charge in [0.1, 0.15) is 58.1 Å². The second-order valence-electron chi connectivity index (χ2n) is 15.2. The summed E-state index contributed by atoms with van der Waals surface area (Å²) in [5, 5.41) is 0.721. The lowest BCUT2D eigenvalue weighted by Crippen LogP contribution is -2.33. The van der Waals surface area contributed by atoms with Gasteiger partial charge in [0.25, 0.3) is 0 Å². The van der Waals surface area contributed by atoms with E-state index in [1.165, 1.54) is 106 Å². The van der Waals surface area contributed by atoms with E-state index in [1.807, 2.05) is 18.7 Å². The number of aromatic nitrogens is 6. The van der Waals surface area contributed by atoms with Crippen molar-refractivity contribution in [1.82, 2.24) is 18.7 Å². The highest BCUT2D eigenvalue weighted by Gasteiger charge is 2.12. The van der Waals surface area contributed by atoms with E-state index in [0.29, 0.717) is 10.8 Å². The van der Waals surface area contributed by atoms with E-state index in [4.69, 9.17) is 0 Å². The van der Waals surface area contributed by atoms with E-state index in [-0.39, 0.29) is 0 Å². The highest BCUT2D eigenvalue weighted by Crippen LogP contribution is 2.22. The van der Waals surface area contributed by atoms with Crippen LogP contribution in [0.1, 0.15) is 108 Å². The van der Waals surface area contributed by atoms with Crippen molar-refractivity contribution in [2.75, 3.05) is 0 Å². The highest BCUT2D eigenvalue weighted by molar-refractivity contribution is 7.86. The molecule has 312 valence electrons. The van der Waals surface area contributed by atoms with Crippen molar-refractivity contribution in [3.05, 3.63) is 127 Å². The Bertz CT molecular complexity index is 2240. The van der Waals surface area contributed by atoms with Crippen LogP contribution < -0.4 is 9.13 Å².